The molecule has 1 aliphatic rings. The fourth-order valence-electron chi connectivity index (χ4n) is 1.92. The van der Waals surface area contributed by atoms with Gasteiger partial charge in [0.2, 0.25) is 5.88 Å². The minimum absolute atomic E-state index is 0.173. The van der Waals surface area contributed by atoms with Gasteiger partial charge in [-0.15, -0.1) is 0 Å². The highest BCUT2D eigenvalue weighted by Gasteiger charge is 2.21. The Hall–Kier alpha value is -2.33. The molecule has 0 unspecified atom stereocenters. The number of amides is 1. The van der Waals surface area contributed by atoms with Crippen molar-refractivity contribution < 1.29 is 17.9 Å². The Labute approximate surface area is 129 Å². The number of nitrogens with zero attached hydrogens (tertiary/aromatic N) is 1. The summed E-state index contributed by atoms with van der Waals surface area (Å²) < 4.78 is 29.2. The van der Waals surface area contributed by atoms with Gasteiger partial charge in [-0.25, -0.2) is 8.42 Å². The Bertz CT molecular complexity index is 756. The van der Waals surface area contributed by atoms with Gasteiger partial charge in [0.1, 0.15) is 6.07 Å². The van der Waals surface area contributed by atoms with E-state index in [0.717, 1.165) is 0 Å². The van der Waals surface area contributed by atoms with Gasteiger partial charge in [0, 0.05) is 12.0 Å². The molecule has 1 aromatic rings. The van der Waals surface area contributed by atoms with Crippen molar-refractivity contribution in [1.29, 1.82) is 5.26 Å². The maximum absolute atomic E-state index is 12.1. The summed E-state index contributed by atoms with van der Waals surface area (Å²) in [5, 5.41) is 10.9. The fraction of sp³-hybridized carbons (Fsp3) is 0.333. The summed E-state index contributed by atoms with van der Waals surface area (Å²) in [6.07, 6.45) is 0.470. The molecule has 0 aromatic heterocycles. The van der Waals surface area contributed by atoms with Crippen LogP contribution in [0.5, 0.6) is 0 Å². The molecule has 0 spiro atoms. The van der Waals surface area contributed by atoms with Crippen LogP contribution in [-0.4, -0.2) is 26.2 Å². The summed E-state index contributed by atoms with van der Waals surface area (Å²) in [5.41, 5.74) is 0.690. The third-order valence-electron chi connectivity index (χ3n) is 3.30. The lowest BCUT2D eigenvalue weighted by molar-refractivity contribution is 0.0930. The summed E-state index contributed by atoms with van der Waals surface area (Å²) in [6.45, 7) is 3.57. The number of ether oxygens (including phenoxy) is 1. The molecule has 0 saturated heterocycles. The first kappa shape index (κ1) is 16.0. The molecule has 1 aromatic carbocycles. The first-order chi connectivity index (χ1) is 10.4. The Morgan fingerprint density at radius 3 is 2.50 bits per heavy atom. The SMILES string of the molecule is CC(C)S(=O)(=O)c1ccc(C(=O)NC2=C(C#N)CCO2)cc1. The van der Waals surface area contributed by atoms with Crippen LogP contribution in [0.25, 0.3) is 0 Å². The van der Waals surface area contributed by atoms with Crippen LogP contribution < -0.4 is 5.32 Å². The molecule has 0 fully saturated rings. The molecule has 7 heteroatoms. The van der Waals surface area contributed by atoms with Gasteiger partial charge in [0.05, 0.1) is 22.3 Å². The van der Waals surface area contributed by atoms with Crippen molar-refractivity contribution in [2.75, 3.05) is 6.61 Å². The maximum Gasteiger partial charge on any atom is 0.257 e. The van der Waals surface area contributed by atoms with Gasteiger partial charge in [-0.2, -0.15) is 5.26 Å². The number of nitriles is 1. The topological polar surface area (TPSA) is 96.3 Å². The highest BCUT2D eigenvalue weighted by atomic mass is 32.2. The Balaban J connectivity index is 2.18. The minimum Gasteiger partial charge on any atom is -0.478 e. The number of hydrogen-bond acceptors (Lipinski definition) is 5. The molecule has 0 radical (unpaired) electrons. The van der Waals surface area contributed by atoms with E-state index < -0.39 is 21.0 Å². The zero-order chi connectivity index (χ0) is 16.3. The molecule has 0 aliphatic carbocycles. The lowest BCUT2D eigenvalue weighted by atomic mass is 10.2. The van der Waals surface area contributed by atoms with Crippen molar-refractivity contribution >= 4 is 15.7 Å². The maximum atomic E-state index is 12.1. The number of rotatable bonds is 4. The van der Waals surface area contributed by atoms with Gasteiger partial charge in [-0.3, -0.25) is 10.1 Å². The highest BCUT2D eigenvalue weighted by Crippen LogP contribution is 2.18. The lowest BCUT2D eigenvalue weighted by Crippen LogP contribution is -2.24. The smallest absolute Gasteiger partial charge is 0.257 e. The first-order valence-electron chi connectivity index (χ1n) is 6.77. The molecule has 1 aliphatic heterocycles. The van der Waals surface area contributed by atoms with Gasteiger partial charge < -0.3 is 4.74 Å². The molecular weight excluding hydrogens is 304 g/mol. The molecule has 0 saturated carbocycles. The predicted octanol–water partition coefficient (Wildman–Crippen LogP) is 1.75. The van der Waals surface area contributed by atoms with Crippen LogP contribution in [0.3, 0.4) is 0 Å². The third kappa shape index (κ3) is 3.12. The zero-order valence-corrected chi connectivity index (χ0v) is 13.1. The van der Waals surface area contributed by atoms with Crippen LogP contribution in [-0.2, 0) is 14.6 Å². The van der Waals surface area contributed by atoms with Crippen LogP contribution in [0, 0.1) is 11.3 Å². The van der Waals surface area contributed by atoms with Crippen molar-refractivity contribution in [2.45, 2.75) is 30.4 Å². The van der Waals surface area contributed by atoms with E-state index in [-0.39, 0.29) is 10.8 Å². The Morgan fingerprint density at radius 2 is 1.95 bits per heavy atom. The monoisotopic (exact) mass is 320 g/mol. The van der Waals surface area contributed by atoms with Gasteiger partial charge in [0.25, 0.3) is 5.91 Å². The molecule has 2 rings (SSSR count). The second-order valence-corrected chi connectivity index (χ2v) is 7.59. The third-order valence-corrected chi connectivity index (χ3v) is 5.47. The Morgan fingerprint density at radius 1 is 1.32 bits per heavy atom. The number of hydrogen-bond donors (Lipinski definition) is 1. The number of nitrogens with one attached hydrogen (secondary N) is 1. The van der Waals surface area contributed by atoms with Crippen molar-refractivity contribution in [3.05, 3.63) is 41.3 Å². The van der Waals surface area contributed by atoms with Gasteiger partial charge in [-0.05, 0) is 38.1 Å². The van der Waals surface area contributed by atoms with E-state index in [0.29, 0.717) is 24.2 Å². The summed E-state index contributed by atoms with van der Waals surface area (Å²) in [7, 11) is -3.36. The van der Waals surface area contributed by atoms with E-state index in [2.05, 4.69) is 5.32 Å². The minimum atomic E-state index is -3.36. The number of benzene rings is 1. The first-order valence-corrected chi connectivity index (χ1v) is 8.32. The lowest BCUT2D eigenvalue weighted by Gasteiger charge is -2.09. The van der Waals surface area contributed by atoms with Crippen LogP contribution in [0.2, 0.25) is 0 Å². The summed E-state index contributed by atoms with van der Waals surface area (Å²) in [4.78, 5) is 12.2. The quantitative estimate of drug-likeness (QED) is 0.911. The normalized spacial score (nSPS) is 14.6. The molecular formula is C15H16N2O4S. The standard InChI is InChI=1S/C15H16N2O4S/c1-10(2)22(19,20)13-5-3-11(4-6-13)14(18)17-15-12(9-16)7-8-21-15/h3-6,10H,7-8H2,1-2H3,(H,17,18). The molecule has 1 heterocycles. The van der Waals surface area contributed by atoms with E-state index >= 15 is 0 Å². The second kappa shape index (κ2) is 6.20. The molecule has 22 heavy (non-hydrogen) atoms. The molecule has 0 bridgehead atoms. The Kier molecular flexibility index (Phi) is 4.52. The average molecular weight is 320 g/mol. The molecule has 1 amide bonds. The van der Waals surface area contributed by atoms with Crippen molar-refractivity contribution in [3.8, 4) is 6.07 Å². The van der Waals surface area contributed by atoms with E-state index in [1.54, 1.807) is 13.8 Å². The summed E-state index contributed by atoms with van der Waals surface area (Å²) >= 11 is 0. The van der Waals surface area contributed by atoms with Crippen molar-refractivity contribution in [3.63, 3.8) is 0 Å². The number of carbonyl (C=O) groups is 1. The van der Waals surface area contributed by atoms with Crippen LogP contribution in [0.4, 0.5) is 0 Å². The van der Waals surface area contributed by atoms with E-state index in [4.69, 9.17) is 10.00 Å². The van der Waals surface area contributed by atoms with Gasteiger partial charge in [-0.1, -0.05) is 0 Å². The molecule has 0 atom stereocenters. The summed E-state index contributed by atoms with van der Waals surface area (Å²) in [6, 6.07) is 7.65. The number of carbonyl (C=O) groups excluding carboxylic acids is 1. The molecule has 6 nitrogen and oxygen atoms in total. The van der Waals surface area contributed by atoms with Crippen LogP contribution in [0.15, 0.2) is 40.6 Å². The number of sulfone groups is 1. The average Bonchev–Trinajstić information content (AvgIpc) is 2.94. The molecule has 1 N–H and O–H groups in total. The molecule has 116 valence electrons. The summed E-state index contributed by atoms with van der Waals surface area (Å²) in [5.74, 6) is -0.274. The van der Waals surface area contributed by atoms with Gasteiger partial charge >= 0.3 is 0 Å². The van der Waals surface area contributed by atoms with E-state index in [9.17, 15) is 13.2 Å². The zero-order valence-electron chi connectivity index (χ0n) is 12.3. The van der Waals surface area contributed by atoms with Crippen LogP contribution >= 0.6 is 0 Å². The van der Waals surface area contributed by atoms with E-state index in [1.807, 2.05) is 6.07 Å². The van der Waals surface area contributed by atoms with Crippen molar-refractivity contribution in [1.82, 2.24) is 5.32 Å². The second-order valence-electron chi connectivity index (χ2n) is 5.09. The van der Waals surface area contributed by atoms with E-state index in [1.165, 1.54) is 24.3 Å². The van der Waals surface area contributed by atoms with Gasteiger partial charge in [0.15, 0.2) is 9.84 Å². The van der Waals surface area contributed by atoms with Crippen LogP contribution in [0.1, 0.15) is 30.6 Å². The van der Waals surface area contributed by atoms with Crippen molar-refractivity contribution in [2.24, 2.45) is 0 Å². The largest absolute Gasteiger partial charge is 0.478 e. The predicted molar refractivity (Wildman–Crippen MR) is 79.4 cm³/mol. The highest BCUT2D eigenvalue weighted by molar-refractivity contribution is 7.92. The fourth-order valence-corrected chi connectivity index (χ4v) is 2.98.